The Kier molecular flexibility index (Phi) is 5.69. The average molecular weight is 343 g/mol. The number of pyridine rings is 1. The van der Waals surface area contributed by atoms with Crippen LogP contribution in [-0.4, -0.2) is 34.1 Å². The number of nitriles is 2. The summed E-state index contributed by atoms with van der Waals surface area (Å²) in [5, 5.41) is 18.3. The fraction of sp³-hybridized carbons (Fsp3) is 0.529. The van der Waals surface area contributed by atoms with Crippen LogP contribution in [0.5, 0.6) is 0 Å². The summed E-state index contributed by atoms with van der Waals surface area (Å²) in [4.78, 5) is 18.7. The summed E-state index contributed by atoms with van der Waals surface area (Å²) in [5.74, 6) is 1.12. The second kappa shape index (κ2) is 7.55. The number of hydrogen-bond donors (Lipinski definition) is 1. The number of nitrogens with zero attached hydrogens (tertiary/aromatic N) is 4. The molecule has 24 heavy (non-hydrogen) atoms. The number of rotatable bonds is 3. The molecule has 2 heterocycles. The first kappa shape index (κ1) is 18.1. The minimum Gasteiger partial charge on any atom is -0.383 e. The lowest BCUT2D eigenvalue weighted by Crippen LogP contribution is -2.45. The molecule has 1 fully saturated rings. The van der Waals surface area contributed by atoms with Gasteiger partial charge in [-0.1, -0.05) is 25.6 Å². The SMILES string of the molecule is C[C@@H]1C[C@H](C)CN(C(=O)[C@H](C)Sc2nc(N)c(C#N)cc2C#N)C1. The van der Waals surface area contributed by atoms with Crippen LogP contribution >= 0.6 is 11.8 Å². The zero-order chi connectivity index (χ0) is 17.9. The molecular weight excluding hydrogens is 322 g/mol. The summed E-state index contributed by atoms with van der Waals surface area (Å²) in [6.07, 6.45) is 1.14. The summed E-state index contributed by atoms with van der Waals surface area (Å²) in [5.41, 5.74) is 6.18. The van der Waals surface area contributed by atoms with Crippen molar-refractivity contribution in [2.45, 2.75) is 37.5 Å². The number of nitrogen functional groups attached to an aromatic ring is 1. The van der Waals surface area contributed by atoms with Crippen LogP contribution in [0.2, 0.25) is 0 Å². The van der Waals surface area contributed by atoms with Gasteiger partial charge >= 0.3 is 0 Å². The van der Waals surface area contributed by atoms with Crippen LogP contribution in [0, 0.1) is 34.5 Å². The molecule has 126 valence electrons. The molecule has 0 radical (unpaired) electrons. The van der Waals surface area contributed by atoms with Gasteiger partial charge in [0, 0.05) is 13.1 Å². The fourth-order valence-corrected chi connectivity index (χ4v) is 4.05. The molecule has 0 unspecified atom stereocenters. The Morgan fingerprint density at radius 2 is 1.92 bits per heavy atom. The minimum absolute atomic E-state index is 0.0482. The molecule has 1 aromatic rings. The number of amides is 1. The van der Waals surface area contributed by atoms with Gasteiger partial charge in [-0.05, 0) is 31.2 Å². The van der Waals surface area contributed by atoms with E-state index in [2.05, 4.69) is 18.8 Å². The number of likely N-dealkylation sites (tertiary alicyclic amines) is 1. The second-order valence-corrected chi connectivity index (χ2v) is 7.78. The Hall–Kier alpha value is -2.25. The van der Waals surface area contributed by atoms with E-state index in [1.54, 1.807) is 0 Å². The first-order chi connectivity index (χ1) is 11.3. The highest BCUT2D eigenvalue weighted by atomic mass is 32.2. The lowest BCUT2D eigenvalue weighted by atomic mass is 9.92. The van der Waals surface area contributed by atoms with Gasteiger partial charge in [0.05, 0.1) is 16.4 Å². The second-order valence-electron chi connectivity index (χ2n) is 6.45. The van der Waals surface area contributed by atoms with Crippen LogP contribution in [-0.2, 0) is 4.79 Å². The number of aromatic nitrogens is 1. The molecule has 1 aromatic heterocycles. The Morgan fingerprint density at radius 3 is 2.46 bits per heavy atom. The van der Waals surface area contributed by atoms with Crippen molar-refractivity contribution in [2.75, 3.05) is 18.8 Å². The molecular formula is C17H21N5OS. The normalized spacial score (nSPS) is 21.6. The number of hydrogen-bond acceptors (Lipinski definition) is 6. The van der Waals surface area contributed by atoms with Crippen LogP contribution in [0.15, 0.2) is 11.1 Å². The quantitative estimate of drug-likeness (QED) is 0.844. The van der Waals surface area contributed by atoms with Crippen molar-refractivity contribution in [2.24, 2.45) is 11.8 Å². The molecule has 6 nitrogen and oxygen atoms in total. The molecule has 2 rings (SSSR count). The number of piperidine rings is 1. The predicted octanol–water partition coefficient (Wildman–Crippen LogP) is 2.39. The first-order valence-electron chi connectivity index (χ1n) is 7.91. The summed E-state index contributed by atoms with van der Waals surface area (Å²) in [7, 11) is 0. The van der Waals surface area contributed by atoms with E-state index in [-0.39, 0.29) is 28.1 Å². The Morgan fingerprint density at radius 1 is 1.33 bits per heavy atom. The molecule has 1 aliphatic rings. The third-order valence-corrected chi connectivity index (χ3v) is 5.16. The minimum atomic E-state index is -0.366. The van der Waals surface area contributed by atoms with Gasteiger partial charge < -0.3 is 10.6 Å². The van der Waals surface area contributed by atoms with Crippen LogP contribution in [0.1, 0.15) is 38.3 Å². The molecule has 1 aliphatic heterocycles. The molecule has 0 spiro atoms. The van der Waals surface area contributed by atoms with Gasteiger partial charge in [0.1, 0.15) is 23.0 Å². The van der Waals surface area contributed by atoms with E-state index >= 15 is 0 Å². The van der Waals surface area contributed by atoms with E-state index in [0.717, 1.165) is 19.5 Å². The van der Waals surface area contributed by atoms with Gasteiger partial charge in [0.2, 0.25) is 5.91 Å². The van der Waals surface area contributed by atoms with E-state index in [1.807, 2.05) is 24.0 Å². The van der Waals surface area contributed by atoms with Crippen molar-refractivity contribution in [1.29, 1.82) is 10.5 Å². The van der Waals surface area contributed by atoms with E-state index < -0.39 is 0 Å². The highest BCUT2D eigenvalue weighted by Gasteiger charge is 2.29. The van der Waals surface area contributed by atoms with Gasteiger partial charge in [0.25, 0.3) is 0 Å². The molecule has 7 heteroatoms. The Labute approximate surface area is 146 Å². The highest BCUT2D eigenvalue weighted by molar-refractivity contribution is 8.00. The van der Waals surface area contributed by atoms with Crippen LogP contribution in [0.4, 0.5) is 5.82 Å². The Bertz CT molecular complexity index is 711. The highest BCUT2D eigenvalue weighted by Crippen LogP contribution is 2.30. The van der Waals surface area contributed by atoms with E-state index in [0.29, 0.717) is 16.9 Å². The third-order valence-electron chi connectivity index (χ3n) is 4.07. The zero-order valence-electron chi connectivity index (χ0n) is 14.1. The molecule has 2 N–H and O–H groups in total. The van der Waals surface area contributed by atoms with Crippen molar-refractivity contribution >= 4 is 23.5 Å². The zero-order valence-corrected chi connectivity index (χ0v) is 14.9. The van der Waals surface area contributed by atoms with Gasteiger partial charge in [-0.2, -0.15) is 10.5 Å². The number of anilines is 1. The molecule has 1 saturated heterocycles. The Balaban J connectivity index is 2.16. The molecule has 0 saturated carbocycles. The topological polar surface area (TPSA) is 107 Å². The van der Waals surface area contributed by atoms with Gasteiger partial charge in [-0.15, -0.1) is 0 Å². The number of nitrogens with two attached hydrogens (primary N) is 1. The molecule has 0 aromatic carbocycles. The summed E-state index contributed by atoms with van der Waals surface area (Å²) >= 11 is 1.22. The smallest absolute Gasteiger partial charge is 0.235 e. The number of thioether (sulfide) groups is 1. The largest absolute Gasteiger partial charge is 0.383 e. The summed E-state index contributed by atoms with van der Waals surface area (Å²) in [6.45, 7) is 7.66. The standard InChI is InChI=1S/C17H21N5OS/c1-10-4-11(2)9-22(8-10)17(23)12(3)24-16-14(7-19)5-13(6-18)15(20)21-16/h5,10-12H,4,8-9H2,1-3H3,(H2,20,21)/t10-,11+,12-/m0/s1. The van der Waals surface area contributed by atoms with Gasteiger partial charge in [-0.25, -0.2) is 4.98 Å². The third kappa shape index (κ3) is 3.98. The maximum Gasteiger partial charge on any atom is 0.235 e. The van der Waals surface area contributed by atoms with Crippen molar-refractivity contribution < 1.29 is 4.79 Å². The average Bonchev–Trinajstić information content (AvgIpc) is 2.53. The van der Waals surface area contributed by atoms with Crippen molar-refractivity contribution in [3.05, 3.63) is 17.2 Å². The molecule has 3 atom stereocenters. The van der Waals surface area contributed by atoms with Crippen molar-refractivity contribution in [3.63, 3.8) is 0 Å². The van der Waals surface area contributed by atoms with Crippen LogP contribution in [0.3, 0.4) is 0 Å². The summed E-state index contributed by atoms with van der Waals surface area (Å²) < 4.78 is 0. The van der Waals surface area contributed by atoms with E-state index in [4.69, 9.17) is 11.0 Å². The molecule has 0 bridgehead atoms. The van der Waals surface area contributed by atoms with Crippen LogP contribution in [0.25, 0.3) is 0 Å². The lowest BCUT2D eigenvalue weighted by Gasteiger charge is -2.36. The van der Waals surface area contributed by atoms with Crippen molar-refractivity contribution in [1.82, 2.24) is 9.88 Å². The van der Waals surface area contributed by atoms with E-state index in [1.165, 1.54) is 17.8 Å². The number of carbonyl (C=O) groups excluding carboxylic acids is 1. The maximum absolute atomic E-state index is 12.7. The van der Waals surface area contributed by atoms with Crippen LogP contribution < -0.4 is 5.73 Å². The molecule has 0 aliphatic carbocycles. The lowest BCUT2D eigenvalue weighted by molar-refractivity contribution is -0.132. The van der Waals surface area contributed by atoms with Gasteiger partial charge in [0.15, 0.2) is 0 Å². The predicted molar refractivity (Wildman–Crippen MR) is 92.9 cm³/mol. The van der Waals surface area contributed by atoms with Gasteiger partial charge in [-0.3, -0.25) is 4.79 Å². The monoisotopic (exact) mass is 343 g/mol. The van der Waals surface area contributed by atoms with Crippen molar-refractivity contribution in [3.8, 4) is 12.1 Å². The number of carbonyl (C=O) groups is 1. The summed E-state index contributed by atoms with van der Waals surface area (Å²) in [6, 6.07) is 5.36. The molecule has 1 amide bonds. The van der Waals surface area contributed by atoms with E-state index in [9.17, 15) is 10.1 Å². The first-order valence-corrected chi connectivity index (χ1v) is 8.79. The fourth-order valence-electron chi connectivity index (χ4n) is 3.09. The maximum atomic E-state index is 12.7.